The van der Waals surface area contributed by atoms with Crippen molar-refractivity contribution in [3.63, 3.8) is 0 Å². The highest BCUT2D eigenvalue weighted by Crippen LogP contribution is 2.25. The summed E-state index contributed by atoms with van der Waals surface area (Å²) >= 11 is 1.61. The number of aryl methyl sites for hydroxylation is 2. The molecule has 17 heavy (non-hydrogen) atoms. The van der Waals surface area contributed by atoms with E-state index < -0.39 is 0 Å². The van der Waals surface area contributed by atoms with Crippen molar-refractivity contribution >= 4 is 17.3 Å². The van der Waals surface area contributed by atoms with E-state index in [1.165, 1.54) is 0 Å². The van der Waals surface area contributed by atoms with Gasteiger partial charge in [0, 0.05) is 11.6 Å². The van der Waals surface area contributed by atoms with Crippen LogP contribution in [0.2, 0.25) is 0 Å². The maximum Gasteiger partial charge on any atom is 0.243 e. The van der Waals surface area contributed by atoms with Crippen molar-refractivity contribution in [2.75, 3.05) is 5.32 Å². The first-order chi connectivity index (χ1) is 7.99. The Morgan fingerprint density at radius 1 is 1.18 bits per heavy atom. The number of hydrogen-bond acceptors (Lipinski definition) is 6. The van der Waals surface area contributed by atoms with Crippen molar-refractivity contribution in [3.05, 3.63) is 28.0 Å². The molecule has 1 N–H and O–H groups in total. The van der Waals surface area contributed by atoms with Crippen LogP contribution in [0.1, 0.15) is 30.2 Å². The minimum Gasteiger partial charge on any atom is -0.342 e. The van der Waals surface area contributed by atoms with E-state index in [-0.39, 0.29) is 5.54 Å². The van der Waals surface area contributed by atoms with Gasteiger partial charge in [0.15, 0.2) is 0 Å². The van der Waals surface area contributed by atoms with Gasteiger partial charge in [0.1, 0.15) is 5.01 Å². The monoisotopic (exact) mass is 249 g/mol. The fraction of sp³-hybridized carbons (Fsp3) is 0.455. The smallest absolute Gasteiger partial charge is 0.243 e. The molecule has 0 aliphatic rings. The molecular formula is C11H15N5S. The Kier molecular flexibility index (Phi) is 3.06. The second-order valence-corrected chi connectivity index (χ2v) is 5.29. The van der Waals surface area contributed by atoms with Crippen LogP contribution >= 0.6 is 11.3 Å². The molecule has 5 nitrogen and oxygen atoms in total. The van der Waals surface area contributed by atoms with Gasteiger partial charge in [-0.25, -0.2) is 9.97 Å². The Morgan fingerprint density at radius 3 is 2.53 bits per heavy atom. The van der Waals surface area contributed by atoms with Gasteiger partial charge in [0.05, 0.1) is 16.9 Å². The fourth-order valence-electron chi connectivity index (χ4n) is 1.37. The van der Waals surface area contributed by atoms with Gasteiger partial charge in [-0.05, 0) is 27.7 Å². The van der Waals surface area contributed by atoms with E-state index >= 15 is 0 Å². The van der Waals surface area contributed by atoms with Gasteiger partial charge in [-0.1, -0.05) is 0 Å². The van der Waals surface area contributed by atoms with Crippen molar-refractivity contribution in [2.24, 2.45) is 0 Å². The second kappa shape index (κ2) is 4.37. The Morgan fingerprint density at radius 2 is 1.94 bits per heavy atom. The second-order valence-electron chi connectivity index (χ2n) is 4.39. The number of hydrogen-bond donors (Lipinski definition) is 1. The number of aromatic nitrogens is 4. The van der Waals surface area contributed by atoms with Gasteiger partial charge in [0.2, 0.25) is 5.95 Å². The molecule has 2 aromatic heterocycles. The molecule has 0 aliphatic carbocycles. The molecule has 0 fully saturated rings. The SMILES string of the molecule is Cc1nnc(NC(C)(C)c2nccs2)nc1C. The third kappa shape index (κ3) is 2.58. The fourth-order valence-corrected chi connectivity index (χ4v) is 2.09. The first kappa shape index (κ1) is 11.9. The van der Waals surface area contributed by atoms with Gasteiger partial charge in [-0.15, -0.1) is 16.4 Å². The van der Waals surface area contributed by atoms with E-state index in [4.69, 9.17) is 0 Å². The van der Waals surface area contributed by atoms with Gasteiger partial charge in [0.25, 0.3) is 0 Å². The summed E-state index contributed by atoms with van der Waals surface area (Å²) < 4.78 is 0. The third-order valence-corrected chi connectivity index (χ3v) is 3.58. The molecule has 6 heteroatoms. The summed E-state index contributed by atoms with van der Waals surface area (Å²) in [5, 5.41) is 14.3. The van der Waals surface area contributed by atoms with Gasteiger partial charge in [-0.2, -0.15) is 5.10 Å². The van der Waals surface area contributed by atoms with E-state index in [1.54, 1.807) is 17.5 Å². The lowest BCUT2D eigenvalue weighted by Gasteiger charge is -2.23. The standard InChI is InChI=1S/C11H15N5S/c1-7-8(2)15-16-10(13-7)14-11(3,4)9-12-5-6-17-9/h5-6H,1-4H3,(H,13,14,16). The van der Waals surface area contributed by atoms with Crippen LogP contribution in [0.15, 0.2) is 11.6 Å². The van der Waals surface area contributed by atoms with Crippen LogP contribution < -0.4 is 5.32 Å². The molecular weight excluding hydrogens is 234 g/mol. The predicted octanol–water partition coefficient (Wildman–Crippen LogP) is 2.29. The zero-order chi connectivity index (χ0) is 12.5. The van der Waals surface area contributed by atoms with E-state index in [0.29, 0.717) is 5.95 Å². The minimum absolute atomic E-state index is 0.294. The molecule has 0 saturated heterocycles. The first-order valence-electron chi connectivity index (χ1n) is 5.35. The molecule has 0 unspecified atom stereocenters. The van der Waals surface area contributed by atoms with Gasteiger partial charge < -0.3 is 5.32 Å². The summed E-state index contributed by atoms with van der Waals surface area (Å²) in [5.41, 5.74) is 1.44. The molecule has 2 rings (SSSR count). The molecule has 0 radical (unpaired) electrons. The Balaban J connectivity index is 2.23. The van der Waals surface area contributed by atoms with Gasteiger partial charge in [-0.3, -0.25) is 0 Å². The number of thiazole rings is 1. The quantitative estimate of drug-likeness (QED) is 0.904. The minimum atomic E-state index is -0.294. The van der Waals surface area contributed by atoms with Crippen LogP contribution in [-0.2, 0) is 5.54 Å². The van der Waals surface area contributed by atoms with Crippen molar-refractivity contribution in [2.45, 2.75) is 33.2 Å². The summed E-state index contributed by atoms with van der Waals surface area (Å²) in [5.74, 6) is 0.535. The molecule has 0 saturated carbocycles. The summed E-state index contributed by atoms with van der Waals surface area (Å²) in [7, 11) is 0. The summed E-state index contributed by atoms with van der Waals surface area (Å²) in [6.07, 6.45) is 1.79. The number of nitrogens with one attached hydrogen (secondary N) is 1. The largest absolute Gasteiger partial charge is 0.342 e. The van der Waals surface area contributed by atoms with Crippen LogP contribution in [0.4, 0.5) is 5.95 Å². The van der Waals surface area contributed by atoms with Crippen molar-refractivity contribution in [1.82, 2.24) is 20.2 Å². The Labute approximate surface area is 104 Å². The van der Waals surface area contributed by atoms with E-state index in [0.717, 1.165) is 16.4 Å². The molecule has 2 heterocycles. The maximum atomic E-state index is 4.36. The average Bonchev–Trinajstić information content (AvgIpc) is 2.77. The lowest BCUT2D eigenvalue weighted by molar-refractivity contribution is 0.593. The number of anilines is 1. The number of rotatable bonds is 3. The molecule has 0 spiro atoms. The zero-order valence-corrected chi connectivity index (χ0v) is 11.2. The van der Waals surface area contributed by atoms with Crippen LogP contribution in [0.5, 0.6) is 0 Å². The molecule has 0 amide bonds. The highest BCUT2D eigenvalue weighted by molar-refractivity contribution is 7.09. The Hall–Kier alpha value is -1.56. The van der Waals surface area contributed by atoms with Crippen LogP contribution in [0.25, 0.3) is 0 Å². The van der Waals surface area contributed by atoms with Gasteiger partial charge >= 0.3 is 0 Å². The predicted molar refractivity (Wildman–Crippen MR) is 68.1 cm³/mol. The van der Waals surface area contributed by atoms with Crippen molar-refractivity contribution in [1.29, 1.82) is 0 Å². The van der Waals surface area contributed by atoms with Crippen molar-refractivity contribution < 1.29 is 0 Å². The molecule has 90 valence electrons. The van der Waals surface area contributed by atoms with Crippen LogP contribution in [0, 0.1) is 13.8 Å². The first-order valence-corrected chi connectivity index (χ1v) is 6.23. The molecule has 0 bridgehead atoms. The van der Waals surface area contributed by atoms with Crippen LogP contribution in [-0.4, -0.2) is 20.2 Å². The summed E-state index contributed by atoms with van der Waals surface area (Å²) in [6.45, 7) is 7.91. The van der Waals surface area contributed by atoms with Crippen LogP contribution in [0.3, 0.4) is 0 Å². The van der Waals surface area contributed by atoms with E-state index in [1.807, 2.05) is 33.1 Å². The molecule has 2 aromatic rings. The molecule has 0 aromatic carbocycles. The summed E-state index contributed by atoms with van der Waals surface area (Å²) in [6, 6.07) is 0. The summed E-state index contributed by atoms with van der Waals surface area (Å²) in [4.78, 5) is 8.66. The Bertz CT molecular complexity index is 507. The maximum absolute atomic E-state index is 4.36. The zero-order valence-electron chi connectivity index (χ0n) is 10.4. The lowest BCUT2D eigenvalue weighted by atomic mass is 10.1. The molecule has 0 aliphatic heterocycles. The highest BCUT2D eigenvalue weighted by Gasteiger charge is 2.24. The highest BCUT2D eigenvalue weighted by atomic mass is 32.1. The number of nitrogens with zero attached hydrogens (tertiary/aromatic N) is 4. The third-order valence-electron chi connectivity index (χ3n) is 2.48. The van der Waals surface area contributed by atoms with E-state index in [9.17, 15) is 0 Å². The van der Waals surface area contributed by atoms with E-state index in [2.05, 4.69) is 25.5 Å². The molecule has 0 atom stereocenters. The average molecular weight is 249 g/mol. The lowest BCUT2D eigenvalue weighted by Crippen LogP contribution is -2.29. The normalized spacial score (nSPS) is 11.5. The van der Waals surface area contributed by atoms with Crippen molar-refractivity contribution in [3.8, 4) is 0 Å². The topological polar surface area (TPSA) is 63.6 Å².